The number of ether oxygens (including phenoxy) is 1. The number of hydrogen-bond acceptors (Lipinski definition) is 7. The predicted octanol–water partition coefficient (Wildman–Crippen LogP) is 0.435. The van der Waals surface area contributed by atoms with Crippen LogP contribution in [0.5, 0.6) is 5.88 Å². The van der Waals surface area contributed by atoms with E-state index >= 15 is 0 Å². The fourth-order valence-corrected chi connectivity index (χ4v) is 4.95. The van der Waals surface area contributed by atoms with Gasteiger partial charge in [-0.15, -0.1) is 0 Å². The molecule has 4 rings (SSSR count). The second kappa shape index (κ2) is 7.38. The minimum atomic E-state index is -2.96. The van der Waals surface area contributed by atoms with Crippen molar-refractivity contribution in [2.24, 2.45) is 5.73 Å². The van der Waals surface area contributed by atoms with Crippen molar-refractivity contribution in [3.8, 4) is 17.0 Å². The third kappa shape index (κ3) is 4.10. The van der Waals surface area contributed by atoms with Crippen LogP contribution >= 0.6 is 0 Å². The van der Waals surface area contributed by atoms with Crippen LogP contribution in [0.3, 0.4) is 0 Å². The molecule has 9 nitrogen and oxygen atoms in total. The second-order valence-electron chi connectivity index (χ2n) is 7.60. The van der Waals surface area contributed by atoms with Crippen LogP contribution in [0.4, 0.5) is 4.39 Å². The molecule has 0 unspecified atom stereocenters. The molecule has 1 amide bonds. The number of pyridine rings is 1. The van der Waals surface area contributed by atoms with E-state index in [9.17, 15) is 17.6 Å². The van der Waals surface area contributed by atoms with Gasteiger partial charge in [-0.05, 0) is 19.5 Å². The first-order valence-electron chi connectivity index (χ1n) is 9.26. The molecule has 156 valence electrons. The summed E-state index contributed by atoms with van der Waals surface area (Å²) in [4.78, 5) is 18.0. The van der Waals surface area contributed by atoms with Crippen LogP contribution < -0.4 is 10.5 Å². The molecular weight excluding hydrogens is 401 g/mol. The molecule has 2 atom stereocenters. The van der Waals surface area contributed by atoms with Crippen LogP contribution in [0, 0.1) is 0 Å². The molecule has 0 aliphatic carbocycles. The van der Waals surface area contributed by atoms with Gasteiger partial charge < -0.3 is 15.4 Å². The number of nitrogens with zero attached hydrogens (tertiary/aromatic N) is 4. The van der Waals surface area contributed by atoms with Gasteiger partial charge in [0, 0.05) is 36.6 Å². The number of likely N-dealkylation sites (tertiary alicyclic amines) is 1. The van der Waals surface area contributed by atoms with E-state index < -0.39 is 28.0 Å². The zero-order valence-electron chi connectivity index (χ0n) is 15.9. The van der Waals surface area contributed by atoms with Crippen molar-refractivity contribution in [1.29, 1.82) is 0 Å². The van der Waals surface area contributed by atoms with E-state index in [0.29, 0.717) is 24.1 Å². The summed E-state index contributed by atoms with van der Waals surface area (Å²) in [5.74, 6) is -0.592. The van der Waals surface area contributed by atoms with E-state index in [-0.39, 0.29) is 35.5 Å². The van der Waals surface area contributed by atoms with Crippen LogP contribution in [0.1, 0.15) is 22.8 Å². The zero-order chi connectivity index (χ0) is 20.8. The van der Waals surface area contributed by atoms with E-state index in [1.165, 1.54) is 12.3 Å². The number of aromatic nitrogens is 3. The summed E-state index contributed by atoms with van der Waals surface area (Å²) in [6.45, 7) is 0.940. The monoisotopic (exact) mass is 423 g/mol. The molecule has 2 aromatic heterocycles. The van der Waals surface area contributed by atoms with Crippen molar-refractivity contribution >= 4 is 15.7 Å². The number of rotatable bonds is 5. The Kier molecular flexibility index (Phi) is 5.03. The number of sulfone groups is 1. The number of hydrogen-bond donors (Lipinski definition) is 1. The Hall–Kier alpha value is -2.53. The molecule has 29 heavy (non-hydrogen) atoms. The lowest BCUT2D eigenvalue weighted by Crippen LogP contribution is -2.45. The van der Waals surface area contributed by atoms with Gasteiger partial charge in [-0.1, -0.05) is 0 Å². The van der Waals surface area contributed by atoms with Crippen molar-refractivity contribution in [3.05, 3.63) is 30.2 Å². The number of piperidine rings is 1. The highest BCUT2D eigenvalue weighted by atomic mass is 32.2. The molecule has 2 fully saturated rings. The third-order valence-electron chi connectivity index (χ3n) is 5.27. The summed E-state index contributed by atoms with van der Waals surface area (Å²) in [5.41, 5.74) is 6.80. The molecule has 0 bridgehead atoms. The number of carbonyl (C=O) groups is 1. The van der Waals surface area contributed by atoms with E-state index in [1.807, 2.05) is 11.9 Å². The summed E-state index contributed by atoms with van der Waals surface area (Å²) in [6, 6.07) is 1.34. The van der Waals surface area contributed by atoms with Gasteiger partial charge in [0.1, 0.15) is 17.8 Å². The maximum atomic E-state index is 14.3. The molecule has 2 aliphatic rings. The van der Waals surface area contributed by atoms with E-state index in [0.717, 1.165) is 0 Å². The largest absolute Gasteiger partial charge is 0.471 e. The fourth-order valence-electron chi connectivity index (χ4n) is 3.57. The number of alkyl halides is 1. The van der Waals surface area contributed by atoms with Crippen molar-refractivity contribution in [2.75, 3.05) is 31.6 Å². The predicted molar refractivity (Wildman–Crippen MR) is 103 cm³/mol. The van der Waals surface area contributed by atoms with Gasteiger partial charge >= 0.3 is 0 Å². The Bertz CT molecular complexity index is 1030. The summed E-state index contributed by atoms with van der Waals surface area (Å²) >= 11 is 0. The van der Waals surface area contributed by atoms with Gasteiger partial charge in [-0.3, -0.25) is 9.48 Å². The highest BCUT2D eigenvalue weighted by Gasteiger charge is 2.35. The Balaban J connectivity index is 1.55. The van der Waals surface area contributed by atoms with Gasteiger partial charge in [0.25, 0.3) is 5.91 Å². The van der Waals surface area contributed by atoms with Crippen molar-refractivity contribution in [2.45, 2.75) is 24.7 Å². The maximum Gasteiger partial charge on any atom is 0.254 e. The minimum absolute atomic E-state index is 0.0101. The van der Waals surface area contributed by atoms with E-state index in [2.05, 4.69) is 10.1 Å². The van der Waals surface area contributed by atoms with Crippen molar-refractivity contribution in [1.82, 2.24) is 19.7 Å². The van der Waals surface area contributed by atoms with Crippen LogP contribution in [0.25, 0.3) is 11.1 Å². The summed E-state index contributed by atoms with van der Waals surface area (Å²) in [7, 11) is -1.13. The van der Waals surface area contributed by atoms with E-state index in [1.54, 1.807) is 17.1 Å². The molecule has 2 saturated heterocycles. The van der Waals surface area contributed by atoms with Crippen molar-refractivity contribution < 1.29 is 22.3 Å². The standard InChI is InChI=1S/C18H22FN5O4S/c1-23-3-2-16(15(19)8-23)28-18-14(17(20)25)4-11(5-21-18)12-6-22-24(7-12)13-9-29(26,27)10-13/h4-7,13,15-16H,2-3,8-10H2,1H3,(H2,20,25)/t15-,16+/m1/s1. The number of nitrogens with two attached hydrogens (primary N) is 1. The molecule has 0 saturated carbocycles. The highest BCUT2D eigenvalue weighted by Crippen LogP contribution is 2.29. The van der Waals surface area contributed by atoms with Crippen LogP contribution in [-0.2, 0) is 9.84 Å². The van der Waals surface area contributed by atoms with Gasteiger partial charge in [0.2, 0.25) is 5.88 Å². The first kappa shape index (κ1) is 19.8. The topological polar surface area (TPSA) is 120 Å². The van der Waals surface area contributed by atoms with Gasteiger partial charge in [-0.2, -0.15) is 5.10 Å². The molecular formula is C18H22FN5O4S. The lowest BCUT2D eigenvalue weighted by atomic mass is 10.1. The van der Waals surface area contributed by atoms with Gasteiger partial charge in [-0.25, -0.2) is 17.8 Å². The lowest BCUT2D eigenvalue weighted by Gasteiger charge is -2.32. The zero-order valence-corrected chi connectivity index (χ0v) is 16.7. The first-order valence-corrected chi connectivity index (χ1v) is 11.1. The van der Waals surface area contributed by atoms with E-state index in [4.69, 9.17) is 10.5 Å². The smallest absolute Gasteiger partial charge is 0.254 e. The van der Waals surface area contributed by atoms with Crippen LogP contribution in [0.2, 0.25) is 0 Å². The molecule has 2 aliphatic heterocycles. The minimum Gasteiger partial charge on any atom is -0.471 e. The Labute approximate surface area is 167 Å². The second-order valence-corrected chi connectivity index (χ2v) is 9.76. The number of halogens is 1. The van der Waals surface area contributed by atoms with Crippen LogP contribution in [-0.4, -0.2) is 77.9 Å². The quantitative estimate of drug-likeness (QED) is 0.741. The molecule has 2 aromatic rings. The molecule has 0 radical (unpaired) electrons. The molecule has 11 heteroatoms. The maximum absolute atomic E-state index is 14.3. The first-order chi connectivity index (χ1) is 13.7. The van der Waals surface area contributed by atoms with Gasteiger partial charge in [0.05, 0.1) is 23.7 Å². The average molecular weight is 423 g/mol. The summed E-state index contributed by atoms with van der Waals surface area (Å²) in [5, 5.41) is 4.21. The molecule has 4 heterocycles. The Morgan fingerprint density at radius 3 is 2.72 bits per heavy atom. The molecule has 2 N–H and O–H groups in total. The SMILES string of the molecule is CN1CC[C@H](Oc2ncc(-c3cnn(C4CS(=O)(=O)C4)c3)cc2C(N)=O)[C@H](F)C1. The summed E-state index contributed by atoms with van der Waals surface area (Å²) < 4.78 is 44.3. The normalized spacial score (nSPS) is 24.8. The average Bonchev–Trinajstić information content (AvgIpc) is 3.12. The third-order valence-corrected chi connectivity index (χ3v) is 7.05. The lowest BCUT2D eigenvalue weighted by molar-refractivity contribution is 0.0280. The van der Waals surface area contributed by atoms with Crippen molar-refractivity contribution in [3.63, 3.8) is 0 Å². The highest BCUT2D eigenvalue weighted by molar-refractivity contribution is 7.92. The Morgan fingerprint density at radius 1 is 1.31 bits per heavy atom. The fraction of sp³-hybridized carbons (Fsp3) is 0.500. The number of amides is 1. The number of carbonyl (C=O) groups excluding carboxylic acids is 1. The van der Waals surface area contributed by atoms with Crippen LogP contribution in [0.15, 0.2) is 24.7 Å². The molecule has 0 aromatic carbocycles. The Morgan fingerprint density at radius 2 is 2.07 bits per heavy atom. The number of primary amides is 1. The molecule has 0 spiro atoms. The van der Waals surface area contributed by atoms with Gasteiger partial charge in [0.15, 0.2) is 9.84 Å². The summed E-state index contributed by atoms with van der Waals surface area (Å²) in [6.07, 6.45) is 3.39.